The number of benzene rings is 2. The number of nitrogens with zero attached hydrogens (tertiary/aromatic N) is 2. The van der Waals surface area contributed by atoms with E-state index in [1.54, 1.807) is 0 Å². The quantitative estimate of drug-likeness (QED) is 0.761. The molecule has 2 aromatic rings. The Hall–Kier alpha value is -3.25. The Balaban J connectivity index is 1.52. The Morgan fingerprint density at radius 3 is 2.30 bits per heavy atom. The fraction of sp³-hybridized carbons (Fsp3) is 0.333. The summed E-state index contributed by atoms with van der Waals surface area (Å²) in [5.74, 6) is -0.382. The molecule has 1 aliphatic rings. The van der Waals surface area contributed by atoms with Crippen LogP contribution < -0.4 is 15.4 Å². The monoisotopic (exact) mass is 418 g/mol. The van der Waals surface area contributed by atoms with Crippen LogP contribution in [-0.2, 0) is 6.54 Å². The average Bonchev–Trinajstić information content (AvgIpc) is 2.71. The lowest BCUT2D eigenvalue weighted by Crippen LogP contribution is -2.55. The van der Waals surface area contributed by atoms with Crippen LogP contribution in [0.15, 0.2) is 54.6 Å². The maximum absolute atomic E-state index is 12.3. The molecule has 0 atom stereocenters. The molecule has 9 heteroatoms. The largest absolute Gasteiger partial charge is 0.573 e. The van der Waals surface area contributed by atoms with Crippen molar-refractivity contribution in [2.75, 3.05) is 18.4 Å². The van der Waals surface area contributed by atoms with Gasteiger partial charge in [0.1, 0.15) is 11.3 Å². The van der Waals surface area contributed by atoms with Crippen molar-refractivity contribution in [2.24, 2.45) is 0 Å². The normalized spacial score (nSPS) is 16.3. The second-order valence-electron chi connectivity index (χ2n) is 7.11. The zero-order valence-corrected chi connectivity index (χ0v) is 16.1. The molecular weight excluding hydrogens is 397 g/mol. The van der Waals surface area contributed by atoms with Crippen LogP contribution in [0.2, 0.25) is 0 Å². The van der Waals surface area contributed by atoms with Crippen LogP contribution in [-0.4, -0.2) is 35.9 Å². The van der Waals surface area contributed by atoms with E-state index in [-0.39, 0.29) is 11.4 Å². The maximum Gasteiger partial charge on any atom is 0.573 e. The lowest BCUT2D eigenvalue weighted by molar-refractivity contribution is -0.274. The topological polar surface area (TPSA) is 77.4 Å². The summed E-state index contributed by atoms with van der Waals surface area (Å²) in [4.78, 5) is 14.6. The number of piperidine rings is 1. The van der Waals surface area contributed by atoms with E-state index in [0.717, 1.165) is 18.7 Å². The van der Waals surface area contributed by atoms with Crippen molar-refractivity contribution in [1.82, 2.24) is 10.2 Å². The third-order valence-corrected chi connectivity index (χ3v) is 4.87. The van der Waals surface area contributed by atoms with Gasteiger partial charge in [-0.15, -0.1) is 13.2 Å². The lowest BCUT2D eigenvalue weighted by Gasteiger charge is -2.37. The second kappa shape index (κ2) is 9.05. The van der Waals surface area contributed by atoms with Crippen molar-refractivity contribution in [3.05, 3.63) is 60.2 Å². The minimum atomic E-state index is -4.78. The Labute approximate surface area is 172 Å². The zero-order chi connectivity index (χ0) is 21.6. The third-order valence-electron chi connectivity index (χ3n) is 4.87. The first-order valence-corrected chi connectivity index (χ1v) is 9.39. The van der Waals surface area contributed by atoms with Crippen LogP contribution in [0.4, 0.5) is 23.7 Å². The predicted octanol–water partition coefficient (Wildman–Crippen LogP) is 4.27. The molecule has 0 bridgehead atoms. The molecule has 0 aromatic heterocycles. The first kappa shape index (κ1) is 21.5. The molecule has 1 heterocycles. The third kappa shape index (κ3) is 6.12. The van der Waals surface area contributed by atoms with Gasteiger partial charge in [0.25, 0.3) is 0 Å². The number of hydrogen-bond acceptors (Lipinski definition) is 4. The van der Waals surface area contributed by atoms with Gasteiger partial charge < -0.3 is 15.4 Å². The number of halogens is 3. The molecule has 0 saturated carbocycles. The summed E-state index contributed by atoms with van der Waals surface area (Å²) in [6.45, 7) is 2.10. The molecule has 2 amide bonds. The number of nitriles is 1. The highest BCUT2D eigenvalue weighted by atomic mass is 19.4. The molecule has 30 heavy (non-hydrogen) atoms. The summed E-state index contributed by atoms with van der Waals surface area (Å²) in [6, 6.07) is 16.4. The smallest absolute Gasteiger partial charge is 0.406 e. The van der Waals surface area contributed by atoms with E-state index in [4.69, 9.17) is 0 Å². The highest BCUT2D eigenvalue weighted by Crippen LogP contribution is 2.25. The van der Waals surface area contributed by atoms with Gasteiger partial charge in [0.15, 0.2) is 0 Å². The first-order chi connectivity index (χ1) is 14.3. The highest BCUT2D eigenvalue weighted by Gasteiger charge is 2.36. The van der Waals surface area contributed by atoms with Crippen molar-refractivity contribution >= 4 is 11.7 Å². The van der Waals surface area contributed by atoms with Crippen LogP contribution >= 0.6 is 0 Å². The highest BCUT2D eigenvalue weighted by molar-refractivity contribution is 5.90. The number of carbonyl (C=O) groups is 1. The van der Waals surface area contributed by atoms with Crippen LogP contribution in [0.1, 0.15) is 18.4 Å². The second-order valence-corrected chi connectivity index (χ2v) is 7.11. The average molecular weight is 418 g/mol. The van der Waals surface area contributed by atoms with E-state index in [9.17, 15) is 23.2 Å². The van der Waals surface area contributed by atoms with Gasteiger partial charge in [-0.05, 0) is 42.7 Å². The Kier molecular flexibility index (Phi) is 6.47. The summed E-state index contributed by atoms with van der Waals surface area (Å²) in [5, 5.41) is 14.9. The van der Waals surface area contributed by atoms with Crippen molar-refractivity contribution in [2.45, 2.75) is 31.3 Å². The Morgan fingerprint density at radius 1 is 1.10 bits per heavy atom. The number of amides is 2. The molecule has 0 aliphatic carbocycles. The van der Waals surface area contributed by atoms with Gasteiger partial charge >= 0.3 is 12.4 Å². The summed E-state index contributed by atoms with van der Waals surface area (Å²) in [5.41, 5.74) is 0.485. The fourth-order valence-corrected chi connectivity index (χ4v) is 3.32. The summed E-state index contributed by atoms with van der Waals surface area (Å²) < 4.78 is 40.4. The SMILES string of the molecule is N#CC1(NC(=O)Nc2ccc(OC(F)(F)F)cc2)CCN(Cc2ccccc2)CC1. The van der Waals surface area contributed by atoms with E-state index >= 15 is 0 Å². The van der Waals surface area contributed by atoms with Gasteiger partial charge in [-0.2, -0.15) is 5.26 Å². The van der Waals surface area contributed by atoms with Crippen molar-refractivity contribution in [3.63, 3.8) is 0 Å². The minimum Gasteiger partial charge on any atom is -0.406 e. The molecule has 1 saturated heterocycles. The molecule has 2 N–H and O–H groups in total. The van der Waals surface area contributed by atoms with Crippen LogP contribution in [0, 0.1) is 11.3 Å². The van der Waals surface area contributed by atoms with Crippen LogP contribution in [0.5, 0.6) is 5.75 Å². The summed E-state index contributed by atoms with van der Waals surface area (Å²) in [7, 11) is 0. The number of nitrogens with one attached hydrogen (secondary N) is 2. The number of ether oxygens (including phenoxy) is 1. The minimum absolute atomic E-state index is 0.289. The van der Waals surface area contributed by atoms with E-state index in [1.807, 2.05) is 30.3 Å². The molecule has 6 nitrogen and oxygen atoms in total. The van der Waals surface area contributed by atoms with Gasteiger partial charge in [0, 0.05) is 25.3 Å². The molecule has 3 rings (SSSR count). The number of rotatable bonds is 5. The van der Waals surface area contributed by atoms with Gasteiger partial charge in [-0.3, -0.25) is 4.90 Å². The maximum atomic E-state index is 12.3. The number of carbonyl (C=O) groups excluding carboxylic acids is 1. The van der Waals surface area contributed by atoms with Gasteiger partial charge in [-0.25, -0.2) is 4.79 Å². The standard InChI is InChI=1S/C21H21F3N4O2/c22-21(23,24)30-18-8-6-17(7-9-18)26-19(29)27-20(15-25)10-12-28(13-11-20)14-16-4-2-1-3-5-16/h1-9H,10-14H2,(H2,26,27,29). The number of urea groups is 1. The van der Waals surface area contributed by atoms with Gasteiger partial charge in [0.05, 0.1) is 6.07 Å². The van der Waals surface area contributed by atoms with Crippen molar-refractivity contribution in [1.29, 1.82) is 5.26 Å². The summed E-state index contributed by atoms with van der Waals surface area (Å²) >= 11 is 0. The number of hydrogen-bond donors (Lipinski definition) is 2. The zero-order valence-electron chi connectivity index (χ0n) is 16.1. The number of alkyl halides is 3. The van der Waals surface area contributed by atoms with E-state index in [2.05, 4.69) is 26.3 Å². The molecule has 2 aromatic carbocycles. The fourth-order valence-electron chi connectivity index (χ4n) is 3.32. The Bertz CT molecular complexity index is 887. The van der Waals surface area contributed by atoms with Crippen LogP contribution in [0.3, 0.4) is 0 Å². The molecule has 1 fully saturated rings. The molecule has 1 aliphatic heterocycles. The van der Waals surface area contributed by atoms with Gasteiger partial charge in [-0.1, -0.05) is 30.3 Å². The van der Waals surface area contributed by atoms with E-state index in [1.165, 1.54) is 17.7 Å². The van der Waals surface area contributed by atoms with Crippen molar-refractivity contribution in [3.8, 4) is 11.8 Å². The predicted molar refractivity (Wildman–Crippen MR) is 105 cm³/mol. The van der Waals surface area contributed by atoms with Gasteiger partial charge in [0.2, 0.25) is 0 Å². The number of likely N-dealkylation sites (tertiary alicyclic amines) is 1. The molecule has 158 valence electrons. The number of anilines is 1. The molecular formula is C21H21F3N4O2. The lowest BCUT2D eigenvalue weighted by atomic mass is 9.89. The first-order valence-electron chi connectivity index (χ1n) is 9.39. The molecule has 0 unspecified atom stereocenters. The van der Waals surface area contributed by atoms with Crippen molar-refractivity contribution < 1.29 is 22.7 Å². The van der Waals surface area contributed by atoms with E-state index in [0.29, 0.717) is 25.9 Å². The van der Waals surface area contributed by atoms with E-state index < -0.39 is 17.9 Å². The Morgan fingerprint density at radius 2 is 1.73 bits per heavy atom. The molecule has 0 radical (unpaired) electrons. The van der Waals surface area contributed by atoms with Crippen LogP contribution in [0.25, 0.3) is 0 Å². The summed E-state index contributed by atoms with van der Waals surface area (Å²) in [6.07, 6.45) is -3.83. The molecule has 0 spiro atoms.